The highest BCUT2D eigenvalue weighted by Gasteiger charge is 2.14. The second kappa shape index (κ2) is 4.97. The number of carboxylic acid groups (broad SMARTS) is 1. The van der Waals surface area contributed by atoms with Gasteiger partial charge in [-0.2, -0.15) is 0 Å². The molecule has 2 aromatic carbocycles. The standard InChI is InChI=1S/C15H10N2O3/c18-15(19)20-14-13(10-6-2-1-3-7-10)16-11-8-4-5-9-12(11)17-14/h1-9H,(H,18,19). The van der Waals surface area contributed by atoms with Gasteiger partial charge in [-0.05, 0) is 12.1 Å². The Kier molecular flexibility index (Phi) is 3.01. The number of carbonyl (C=O) groups is 1. The summed E-state index contributed by atoms with van der Waals surface area (Å²) < 4.78 is 4.75. The molecule has 0 aliphatic carbocycles. The molecule has 0 aliphatic heterocycles. The number of rotatable bonds is 2. The minimum absolute atomic E-state index is 0.0117. The Hall–Kier alpha value is -2.95. The molecule has 0 amide bonds. The summed E-state index contributed by atoms with van der Waals surface area (Å²) in [6.45, 7) is 0. The molecule has 0 aliphatic rings. The molecule has 0 saturated heterocycles. The monoisotopic (exact) mass is 266 g/mol. The Labute approximate surface area is 114 Å². The summed E-state index contributed by atoms with van der Waals surface area (Å²) in [4.78, 5) is 19.5. The van der Waals surface area contributed by atoms with Gasteiger partial charge in [0, 0.05) is 5.56 Å². The third-order valence-electron chi connectivity index (χ3n) is 2.77. The van der Waals surface area contributed by atoms with Crippen LogP contribution >= 0.6 is 0 Å². The highest BCUT2D eigenvalue weighted by molar-refractivity contribution is 5.80. The van der Waals surface area contributed by atoms with Gasteiger partial charge in [-0.1, -0.05) is 42.5 Å². The molecule has 5 heteroatoms. The van der Waals surface area contributed by atoms with E-state index in [0.717, 1.165) is 5.56 Å². The van der Waals surface area contributed by atoms with E-state index in [-0.39, 0.29) is 5.88 Å². The fourth-order valence-electron chi connectivity index (χ4n) is 1.92. The van der Waals surface area contributed by atoms with Crippen molar-refractivity contribution >= 4 is 17.2 Å². The van der Waals surface area contributed by atoms with Crippen LogP contribution in [0.3, 0.4) is 0 Å². The first-order valence-electron chi connectivity index (χ1n) is 5.97. The number of benzene rings is 2. The first kappa shape index (κ1) is 12.1. The second-order valence-corrected chi connectivity index (χ2v) is 4.10. The van der Waals surface area contributed by atoms with Crippen LogP contribution in [-0.4, -0.2) is 21.2 Å². The van der Waals surface area contributed by atoms with Crippen LogP contribution in [0.5, 0.6) is 5.88 Å². The number of fused-ring (bicyclic) bond motifs is 1. The van der Waals surface area contributed by atoms with E-state index in [0.29, 0.717) is 16.7 Å². The molecule has 5 nitrogen and oxygen atoms in total. The van der Waals surface area contributed by atoms with E-state index >= 15 is 0 Å². The minimum atomic E-state index is -1.41. The van der Waals surface area contributed by atoms with Crippen molar-refractivity contribution in [3.8, 4) is 17.1 Å². The smallest absolute Gasteiger partial charge is 0.449 e. The Balaban J connectivity index is 2.24. The first-order chi connectivity index (χ1) is 9.74. The highest BCUT2D eigenvalue weighted by atomic mass is 16.7. The third kappa shape index (κ3) is 2.29. The molecule has 3 rings (SSSR count). The van der Waals surface area contributed by atoms with Crippen molar-refractivity contribution in [2.75, 3.05) is 0 Å². The van der Waals surface area contributed by atoms with Gasteiger partial charge in [-0.3, -0.25) is 0 Å². The van der Waals surface area contributed by atoms with Crippen LogP contribution in [0.2, 0.25) is 0 Å². The van der Waals surface area contributed by atoms with Gasteiger partial charge in [0.15, 0.2) is 0 Å². The van der Waals surface area contributed by atoms with Crippen molar-refractivity contribution in [3.05, 3.63) is 54.6 Å². The van der Waals surface area contributed by atoms with Gasteiger partial charge < -0.3 is 9.84 Å². The predicted octanol–water partition coefficient (Wildman–Crippen LogP) is 3.35. The van der Waals surface area contributed by atoms with Crippen LogP contribution in [0.4, 0.5) is 4.79 Å². The van der Waals surface area contributed by atoms with Crippen LogP contribution < -0.4 is 4.74 Å². The molecule has 1 heterocycles. The average Bonchev–Trinajstić information content (AvgIpc) is 2.47. The van der Waals surface area contributed by atoms with Gasteiger partial charge in [0.1, 0.15) is 5.69 Å². The summed E-state index contributed by atoms with van der Waals surface area (Å²) in [6, 6.07) is 16.4. The Morgan fingerprint density at radius 1 is 0.900 bits per heavy atom. The van der Waals surface area contributed by atoms with Crippen molar-refractivity contribution < 1.29 is 14.6 Å². The Bertz CT molecular complexity index is 772. The maximum atomic E-state index is 10.8. The minimum Gasteiger partial charge on any atom is -0.449 e. The summed E-state index contributed by atoms with van der Waals surface area (Å²) in [5.41, 5.74) is 2.43. The molecular weight excluding hydrogens is 256 g/mol. The van der Waals surface area contributed by atoms with Gasteiger partial charge in [0.05, 0.1) is 11.0 Å². The van der Waals surface area contributed by atoms with E-state index < -0.39 is 6.16 Å². The second-order valence-electron chi connectivity index (χ2n) is 4.10. The lowest BCUT2D eigenvalue weighted by molar-refractivity contribution is 0.143. The van der Waals surface area contributed by atoms with Crippen LogP contribution in [0.25, 0.3) is 22.3 Å². The van der Waals surface area contributed by atoms with E-state index in [1.807, 2.05) is 48.5 Å². The van der Waals surface area contributed by atoms with E-state index in [9.17, 15) is 4.79 Å². The molecule has 0 fully saturated rings. The quantitative estimate of drug-likeness (QED) is 0.720. The van der Waals surface area contributed by atoms with Crippen LogP contribution in [0.15, 0.2) is 54.6 Å². The predicted molar refractivity (Wildman–Crippen MR) is 73.6 cm³/mol. The zero-order chi connectivity index (χ0) is 13.9. The lowest BCUT2D eigenvalue weighted by atomic mass is 10.1. The van der Waals surface area contributed by atoms with Gasteiger partial charge in [0.25, 0.3) is 5.88 Å². The van der Waals surface area contributed by atoms with Gasteiger partial charge in [-0.25, -0.2) is 14.8 Å². The Morgan fingerprint density at radius 2 is 1.50 bits per heavy atom. The summed E-state index contributed by atoms with van der Waals surface area (Å²) in [6.07, 6.45) is -1.41. The Morgan fingerprint density at radius 3 is 2.15 bits per heavy atom. The number of hydrogen-bond acceptors (Lipinski definition) is 4. The maximum absolute atomic E-state index is 10.8. The number of aromatic nitrogens is 2. The number of hydrogen-bond donors (Lipinski definition) is 1. The normalized spacial score (nSPS) is 10.4. The van der Waals surface area contributed by atoms with Crippen LogP contribution in [0, 0.1) is 0 Å². The van der Waals surface area contributed by atoms with Crippen molar-refractivity contribution in [1.82, 2.24) is 9.97 Å². The van der Waals surface area contributed by atoms with E-state index in [1.54, 1.807) is 6.07 Å². The molecule has 0 radical (unpaired) electrons. The van der Waals surface area contributed by atoms with E-state index in [4.69, 9.17) is 9.84 Å². The third-order valence-corrected chi connectivity index (χ3v) is 2.77. The maximum Gasteiger partial charge on any atom is 0.512 e. The number of ether oxygens (including phenoxy) is 1. The fraction of sp³-hybridized carbons (Fsp3) is 0. The lowest BCUT2D eigenvalue weighted by Gasteiger charge is -2.08. The van der Waals surface area contributed by atoms with E-state index in [1.165, 1.54) is 0 Å². The average molecular weight is 266 g/mol. The van der Waals surface area contributed by atoms with Crippen molar-refractivity contribution in [2.45, 2.75) is 0 Å². The SMILES string of the molecule is O=C(O)Oc1nc2ccccc2nc1-c1ccccc1. The zero-order valence-corrected chi connectivity index (χ0v) is 10.4. The van der Waals surface area contributed by atoms with Gasteiger partial charge in [0.2, 0.25) is 0 Å². The fourth-order valence-corrected chi connectivity index (χ4v) is 1.92. The van der Waals surface area contributed by atoms with Crippen molar-refractivity contribution in [1.29, 1.82) is 0 Å². The van der Waals surface area contributed by atoms with Crippen molar-refractivity contribution in [3.63, 3.8) is 0 Å². The summed E-state index contributed by atoms with van der Waals surface area (Å²) in [5, 5.41) is 8.82. The van der Waals surface area contributed by atoms with Crippen LogP contribution in [0.1, 0.15) is 0 Å². The van der Waals surface area contributed by atoms with Crippen molar-refractivity contribution in [2.24, 2.45) is 0 Å². The highest BCUT2D eigenvalue weighted by Crippen LogP contribution is 2.28. The first-order valence-corrected chi connectivity index (χ1v) is 5.97. The molecule has 1 N–H and O–H groups in total. The summed E-state index contributed by atoms with van der Waals surface area (Å²) in [5.74, 6) is -0.0117. The topological polar surface area (TPSA) is 72.3 Å². The summed E-state index contributed by atoms with van der Waals surface area (Å²) in [7, 11) is 0. The summed E-state index contributed by atoms with van der Waals surface area (Å²) >= 11 is 0. The molecule has 20 heavy (non-hydrogen) atoms. The molecule has 0 unspecified atom stereocenters. The molecule has 0 saturated carbocycles. The molecule has 0 bridgehead atoms. The molecule has 98 valence electrons. The van der Waals surface area contributed by atoms with Gasteiger partial charge >= 0.3 is 6.16 Å². The molecular formula is C15H10N2O3. The molecule has 1 aromatic heterocycles. The number of nitrogens with zero attached hydrogens (tertiary/aromatic N) is 2. The lowest BCUT2D eigenvalue weighted by Crippen LogP contribution is -2.07. The van der Waals surface area contributed by atoms with Crippen LogP contribution in [-0.2, 0) is 0 Å². The largest absolute Gasteiger partial charge is 0.512 e. The van der Waals surface area contributed by atoms with E-state index in [2.05, 4.69) is 9.97 Å². The molecule has 0 atom stereocenters. The molecule has 0 spiro atoms. The van der Waals surface area contributed by atoms with Gasteiger partial charge in [-0.15, -0.1) is 0 Å². The zero-order valence-electron chi connectivity index (χ0n) is 10.4. The molecule has 3 aromatic rings. The number of para-hydroxylation sites is 2.